The molecular formula is C9H11NO3. The van der Waals surface area contributed by atoms with Gasteiger partial charge < -0.3 is 14.8 Å². The van der Waals surface area contributed by atoms with E-state index in [0.717, 1.165) is 12.2 Å². The van der Waals surface area contributed by atoms with Gasteiger partial charge in [0, 0.05) is 12.2 Å². The molecular weight excluding hydrogens is 170 g/mol. The first-order valence-corrected chi connectivity index (χ1v) is 4.22. The summed E-state index contributed by atoms with van der Waals surface area (Å²) < 4.78 is 1.87. The van der Waals surface area contributed by atoms with Crippen molar-refractivity contribution in [3.8, 4) is 0 Å². The topological polar surface area (TPSA) is 62.5 Å². The van der Waals surface area contributed by atoms with Crippen LogP contribution in [0.25, 0.3) is 0 Å². The Morgan fingerprint density at radius 3 is 3.00 bits per heavy atom. The van der Waals surface area contributed by atoms with Gasteiger partial charge in [0.2, 0.25) is 0 Å². The van der Waals surface area contributed by atoms with Crippen LogP contribution in [0, 0.1) is 6.92 Å². The predicted molar refractivity (Wildman–Crippen MR) is 45.7 cm³/mol. The smallest absolute Gasteiger partial charge is 0.337 e. The quantitative estimate of drug-likeness (QED) is 0.677. The molecule has 0 aromatic carbocycles. The number of aryl methyl sites for hydroxylation is 1. The third-order valence-corrected chi connectivity index (χ3v) is 2.52. The second-order valence-electron chi connectivity index (χ2n) is 3.35. The zero-order chi connectivity index (χ0) is 9.59. The molecule has 2 heterocycles. The number of carbonyl (C=O) groups is 1. The number of rotatable bonds is 1. The Hall–Kier alpha value is -1.29. The first kappa shape index (κ1) is 8.31. The first-order chi connectivity index (χ1) is 6.11. The lowest BCUT2D eigenvalue weighted by atomic mass is 10.1. The van der Waals surface area contributed by atoms with Crippen molar-refractivity contribution in [1.82, 2.24) is 4.57 Å². The van der Waals surface area contributed by atoms with Crippen molar-refractivity contribution < 1.29 is 15.0 Å². The molecule has 1 unspecified atom stereocenters. The normalized spacial score (nSPS) is 20.3. The molecule has 1 aliphatic heterocycles. The predicted octanol–water partition coefficient (Wildman–Crippen LogP) is 0.932. The van der Waals surface area contributed by atoms with Crippen LogP contribution in [0.5, 0.6) is 0 Å². The molecule has 0 aliphatic carbocycles. The summed E-state index contributed by atoms with van der Waals surface area (Å²) in [5.74, 6) is -0.960. The van der Waals surface area contributed by atoms with Crippen molar-refractivity contribution >= 4 is 5.97 Å². The van der Waals surface area contributed by atoms with Crippen LogP contribution in [0.15, 0.2) is 6.07 Å². The Bertz CT molecular complexity index is 367. The minimum absolute atomic E-state index is 0.238. The van der Waals surface area contributed by atoms with Gasteiger partial charge in [0.1, 0.15) is 0 Å². The summed E-state index contributed by atoms with van der Waals surface area (Å²) in [6, 6.07) is 1.61. The van der Waals surface area contributed by atoms with E-state index in [4.69, 9.17) is 5.11 Å². The molecule has 2 N–H and O–H groups in total. The van der Waals surface area contributed by atoms with Crippen molar-refractivity contribution in [2.45, 2.75) is 26.0 Å². The molecule has 0 radical (unpaired) electrons. The number of hydrogen-bond donors (Lipinski definition) is 2. The van der Waals surface area contributed by atoms with Crippen LogP contribution >= 0.6 is 0 Å². The number of carboxylic acids is 1. The lowest BCUT2D eigenvalue weighted by molar-refractivity contribution is 0.0690. The van der Waals surface area contributed by atoms with E-state index < -0.39 is 12.1 Å². The number of carboxylic acid groups (broad SMARTS) is 1. The highest BCUT2D eigenvalue weighted by Gasteiger charge is 2.28. The van der Waals surface area contributed by atoms with Crippen LogP contribution in [0.1, 0.15) is 34.3 Å². The van der Waals surface area contributed by atoms with E-state index in [1.165, 1.54) is 0 Å². The van der Waals surface area contributed by atoms with Gasteiger partial charge in [-0.1, -0.05) is 0 Å². The molecule has 1 aliphatic rings. The van der Waals surface area contributed by atoms with Crippen LogP contribution in [-0.2, 0) is 6.54 Å². The molecule has 0 fully saturated rings. The minimum atomic E-state index is -0.960. The number of nitrogens with zero attached hydrogens (tertiary/aromatic N) is 1. The summed E-state index contributed by atoms with van der Waals surface area (Å²) in [7, 11) is 0. The summed E-state index contributed by atoms with van der Waals surface area (Å²) >= 11 is 0. The van der Waals surface area contributed by atoms with Crippen LogP contribution in [0.2, 0.25) is 0 Å². The number of hydrogen-bond acceptors (Lipinski definition) is 2. The number of aliphatic hydroxyl groups is 1. The zero-order valence-electron chi connectivity index (χ0n) is 7.32. The van der Waals surface area contributed by atoms with Gasteiger partial charge in [0.05, 0.1) is 17.4 Å². The number of aromatic nitrogens is 1. The van der Waals surface area contributed by atoms with E-state index >= 15 is 0 Å². The molecule has 0 saturated heterocycles. The van der Waals surface area contributed by atoms with Gasteiger partial charge in [-0.05, 0) is 19.4 Å². The maximum atomic E-state index is 10.8. The van der Waals surface area contributed by atoms with Gasteiger partial charge >= 0.3 is 5.97 Å². The Balaban J connectivity index is 2.61. The van der Waals surface area contributed by atoms with E-state index in [0.29, 0.717) is 12.1 Å². The fourth-order valence-electron chi connectivity index (χ4n) is 1.91. The fraction of sp³-hybridized carbons (Fsp3) is 0.444. The molecule has 0 saturated carbocycles. The fourth-order valence-corrected chi connectivity index (χ4v) is 1.91. The molecule has 2 rings (SSSR count). The molecule has 13 heavy (non-hydrogen) atoms. The van der Waals surface area contributed by atoms with Gasteiger partial charge in [0.25, 0.3) is 0 Å². The van der Waals surface area contributed by atoms with Crippen LogP contribution < -0.4 is 0 Å². The third-order valence-electron chi connectivity index (χ3n) is 2.52. The maximum Gasteiger partial charge on any atom is 0.337 e. The SMILES string of the molecule is Cc1cc(C(=O)O)c2n1CCC2O. The second kappa shape index (κ2) is 2.60. The Morgan fingerprint density at radius 2 is 2.38 bits per heavy atom. The number of aromatic carboxylic acids is 1. The maximum absolute atomic E-state index is 10.8. The van der Waals surface area contributed by atoms with E-state index in [2.05, 4.69) is 0 Å². The highest BCUT2D eigenvalue weighted by atomic mass is 16.4. The van der Waals surface area contributed by atoms with E-state index in [9.17, 15) is 9.90 Å². The van der Waals surface area contributed by atoms with E-state index in [1.54, 1.807) is 6.07 Å². The third kappa shape index (κ3) is 1.06. The summed E-state index contributed by atoms with van der Waals surface area (Å²) in [4.78, 5) is 10.8. The van der Waals surface area contributed by atoms with E-state index in [-0.39, 0.29) is 5.56 Å². The van der Waals surface area contributed by atoms with Crippen molar-refractivity contribution in [3.05, 3.63) is 23.0 Å². The average molecular weight is 181 g/mol. The standard InChI is InChI=1S/C9H11NO3/c1-5-4-6(9(12)13)8-7(11)2-3-10(5)8/h4,7,11H,2-3H2,1H3,(H,12,13). The highest BCUT2D eigenvalue weighted by Crippen LogP contribution is 2.31. The molecule has 1 aromatic heterocycles. The second-order valence-corrected chi connectivity index (χ2v) is 3.35. The number of fused-ring (bicyclic) bond motifs is 1. The van der Waals surface area contributed by atoms with E-state index in [1.807, 2.05) is 11.5 Å². The Labute approximate surface area is 75.4 Å². The van der Waals surface area contributed by atoms with Crippen molar-refractivity contribution in [1.29, 1.82) is 0 Å². The lowest BCUT2D eigenvalue weighted by Crippen LogP contribution is -2.03. The lowest BCUT2D eigenvalue weighted by Gasteiger charge is -2.02. The summed E-state index contributed by atoms with van der Waals surface area (Å²) in [5.41, 5.74) is 1.71. The highest BCUT2D eigenvalue weighted by molar-refractivity contribution is 5.89. The zero-order valence-corrected chi connectivity index (χ0v) is 7.32. The van der Waals surface area contributed by atoms with Gasteiger partial charge in [-0.15, -0.1) is 0 Å². The Kier molecular flexibility index (Phi) is 1.66. The molecule has 70 valence electrons. The van der Waals surface area contributed by atoms with Crippen molar-refractivity contribution in [2.75, 3.05) is 0 Å². The molecule has 0 bridgehead atoms. The van der Waals surface area contributed by atoms with Gasteiger partial charge in [-0.25, -0.2) is 4.79 Å². The average Bonchev–Trinajstić information content (AvgIpc) is 2.55. The van der Waals surface area contributed by atoms with Crippen molar-refractivity contribution in [2.24, 2.45) is 0 Å². The minimum Gasteiger partial charge on any atom is -0.478 e. The monoisotopic (exact) mass is 181 g/mol. The Morgan fingerprint density at radius 1 is 1.69 bits per heavy atom. The van der Waals surface area contributed by atoms with Crippen LogP contribution in [0.4, 0.5) is 0 Å². The number of aliphatic hydroxyl groups excluding tert-OH is 1. The molecule has 0 spiro atoms. The summed E-state index contributed by atoms with van der Waals surface area (Å²) in [6.45, 7) is 2.57. The van der Waals surface area contributed by atoms with Crippen LogP contribution in [0.3, 0.4) is 0 Å². The molecule has 4 nitrogen and oxygen atoms in total. The summed E-state index contributed by atoms with van der Waals surface area (Å²) in [6.07, 6.45) is 0.0110. The van der Waals surface area contributed by atoms with Crippen molar-refractivity contribution in [3.63, 3.8) is 0 Å². The largest absolute Gasteiger partial charge is 0.478 e. The molecule has 4 heteroatoms. The molecule has 1 aromatic rings. The van der Waals surface area contributed by atoms with Crippen LogP contribution in [-0.4, -0.2) is 20.7 Å². The molecule has 1 atom stereocenters. The van der Waals surface area contributed by atoms with Gasteiger partial charge in [-0.3, -0.25) is 0 Å². The molecule has 0 amide bonds. The van der Waals surface area contributed by atoms with Gasteiger partial charge in [-0.2, -0.15) is 0 Å². The van der Waals surface area contributed by atoms with Gasteiger partial charge in [0.15, 0.2) is 0 Å². The first-order valence-electron chi connectivity index (χ1n) is 4.22. The summed E-state index contributed by atoms with van der Waals surface area (Å²) in [5, 5.41) is 18.4.